The second kappa shape index (κ2) is 21.8. The maximum absolute atomic E-state index is 12.2. The summed E-state index contributed by atoms with van der Waals surface area (Å²) in [5, 5.41) is 63.3. The van der Waals surface area contributed by atoms with E-state index >= 15 is 0 Å². The molecule has 0 aliphatic carbocycles. The summed E-state index contributed by atoms with van der Waals surface area (Å²) in [5.41, 5.74) is 7.32. The molecule has 68 heavy (non-hydrogen) atoms. The number of aromatic nitrogens is 4. The van der Waals surface area contributed by atoms with Crippen LogP contribution in [-0.4, -0.2) is 120 Å². The fourth-order valence-corrected chi connectivity index (χ4v) is 8.51. The third-order valence-electron chi connectivity index (χ3n) is 11.1. The van der Waals surface area contributed by atoms with E-state index in [0.29, 0.717) is 67.8 Å². The van der Waals surface area contributed by atoms with Crippen molar-refractivity contribution in [3.63, 3.8) is 0 Å². The van der Waals surface area contributed by atoms with Gasteiger partial charge in [0.25, 0.3) is 0 Å². The first kappa shape index (κ1) is 48.3. The van der Waals surface area contributed by atoms with E-state index in [-0.39, 0.29) is 90.0 Å². The molecule has 0 atom stereocenters. The molecule has 2 aromatic carbocycles. The Morgan fingerprint density at radius 3 is 0.824 bits per heavy atom. The van der Waals surface area contributed by atoms with Crippen LogP contribution in [0.5, 0.6) is 11.5 Å². The summed E-state index contributed by atoms with van der Waals surface area (Å²) >= 11 is 0. The minimum Gasteiger partial charge on any atom is -0.507 e. The zero-order valence-electron chi connectivity index (χ0n) is 37.6. The number of pyridine rings is 4. The van der Waals surface area contributed by atoms with Crippen molar-refractivity contribution in [2.24, 2.45) is 0 Å². The molecule has 0 saturated heterocycles. The van der Waals surface area contributed by atoms with E-state index in [9.17, 15) is 49.8 Å². The van der Waals surface area contributed by atoms with Gasteiger partial charge in [0.05, 0.1) is 71.7 Å². The van der Waals surface area contributed by atoms with Crippen molar-refractivity contribution >= 4 is 23.9 Å². The molecule has 4 aromatic heterocycles. The summed E-state index contributed by atoms with van der Waals surface area (Å²) in [6.07, 6.45) is 0. The number of aromatic hydroxyl groups is 2. The lowest BCUT2D eigenvalue weighted by molar-refractivity contribution is -0.139. The van der Waals surface area contributed by atoms with Gasteiger partial charge in [-0.2, -0.15) is 0 Å². The molecule has 5 heterocycles. The fraction of sp³-hybridized carbons (Fsp3) is 0.280. The number of hydrogen-bond acceptors (Lipinski definition) is 14. The molecular weight excluding hydrogens is 873 g/mol. The SMILES string of the molecule is Cc1cc2c(O)c(c1)CN(CC(=O)O)Cc1cccc(n1)-c1cccc(n1)CN(CC(=O)O)Cc1cc(C)cc(c1O)CN(CC(=O)O)Cc1cccc(n1)-c1cccc(n1)CN(CC(=O)O)C2. The van der Waals surface area contributed by atoms with E-state index in [1.807, 2.05) is 13.8 Å². The molecule has 0 fully saturated rings. The van der Waals surface area contributed by atoms with Crippen molar-refractivity contribution in [2.45, 2.75) is 66.2 Å². The maximum Gasteiger partial charge on any atom is 0.317 e. The largest absolute Gasteiger partial charge is 0.507 e. The van der Waals surface area contributed by atoms with Crippen LogP contribution in [0.15, 0.2) is 97.1 Å². The zero-order chi connectivity index (χ0) is 48.5. The molecule has 7 rings (SSSR count). The number of carboxylic acids is 4. The molecule has 0 amide bonds. The highest BCUT2D eigenvalue weighted by atomic mass is 16.4. The third kappa shape index (κ3) is 13.3. The summed E-state index contributed by atoms with van der Waals surface area (Å²) in [5.74, 6) is -4.57. The fourth-order valence-electron chi connectivity index (χ4n) is 8.51. The van der Waals surface area contributed by atoms with Gasteiger partial charge in [0.15, 0.2) is 0 Å². The van der Waals surface area contributed by atoms with Crippen LogP contribution in [0.3, 0.4) is 0 Å². The number of aryl methyl sites for hydroxylation is 2. The zero-order valence-corrected chi connectivity index (χ0v) is 37.6. The predicted molar refractivity (Wildman–Crippen MR) is 248 cm³/mol. The van der Waals surface area contributed by atoms with Crippen molar-refractivity contribution in [3.8, 4) is 34.3 Å². The topological polar surface area (TPSA) is 254 Å². The van der Waals surface area contributed by atoms with Gasteiger partial charge in [-0.1, -0.05) is 59.7 Å². The number of rotatable bonds is 8. The second-order valence-electron chi connectivity index (χ2n) is 17.1. The highest BCUT2D eigenvalue weighted by Crippen LogP contribution is 2.31. The van der Waals surface area contributed by atoms with Crippen LogP contribution in [0.25, 0.3) is 22.8 Å². The minimum absolute atomic E-state index is 0.0204. The van der Waals surface area contributed by atoms with Crippen LogP contribution >= 0.6 is 0 Å². The van der Waals surface area contributed by atoms with Gasteiger partial charge in [0.2, 0.25) is 0 Å². The van der Waals surface area contributed by atoms with Crippen LogP contribution in [0.4, 0.5) is 0 Å². The number of aliphatic carboxylic acids is 4. The van der Waals surface area contributed by atoms with Crippen LogP contribution < -0.4 is 0 Å². The summed E-state index contributed by atoms with van der Waals surface area (Å²) in [7, 11) is 0. The number of phenolic OH excluding ortho intramolecular Hbond substituents is 2. The van der Waals surface area contributed by atoms with E-state index in [2.05, 4.69) is 0 Å². The van der Waals surface area contributed by atoms with Crippen LogP contribution in [0.2, 0.25) is 0 Å². The normalized spacial score (nSPS) is 14.7. The number of carboxylic acid groups (broad SMARTS) is 4. The summed E-state index contributed by atoms with van der Waals surface area (Å²) in [4.78, 5) is 74.6. The van der Waals surface area contributed by atoms with Gasteiger partial charge in [0.1, 0.15) is 11.5 Å². The second-order valence-corrected chi connectivity index (χ2v) is 17.1. The Morgan fingerprint density at radius 2 is 0.618 bits per heavy atom. The quantitative estimate of drug-likeness (QED) is 0.113. The number of carbonyl (C=O) groups is 4. The lowest BCUT2D eigenvalue weighted by atomic mass is 10.0. The molecule has 352 valence electrons. The molecule has 0 radical (unpaired) electrons. The molecule has 18 heteroatoms. The lowest BCUT2D eigenvalue weighted by Gasteiger charge is -2.25. The molecular formula is C50H52N8O10. The van der Waals surface area contributed by atoms with Crippen molar-refractivity contribution in [2.75, 3.05) is 26.2 Å². The van der Waals surface area contributed by atoms with Crippen molar-refractivity contribution in [1.82, 2.24) is 39.5 Å². The van der Waals surface area contributed by atoms with E-state index in [1.165, 1.54) is 0 Å². The first-order chi connectivity index (χ1) is 32.5. The summed E-state index contributed by atoms with van der Waals surface area (Å²) in [6.45, 7) is 2.54. The van der Waals surface area contributed by atoms with E-state index in [4.69, 9.17) is 19.9 Å². The number of hydrogen-bond donors (Lipinski definition) is 6. The Kier molecular flexibility index (Phi) is 15.5. The summed E-state index contributed by atoms with van der Waals surface area (Å²) < 4.78 is 0. The smallest absolute Gasteiger partial charge is 0.317 e. The standard InChI is InChI=1S/C50H52N8O10/c1-31-15-33-19-55(27-45(59)60)23-37-7-3-11-41(51-37)43-13-5-9-39(53-43)25-57(29-47(63)64)21-35-17-32(2)18-36(50(35)68)22-58(30-48(65)66)26-40-10-6-14-44(54-40)42-12-4-8-38(52-42)24-56(28-46(61)62)20-34(16-31)49(33)67/h3-18,67-68H,19-30H2,1-2H3,(H,59,60)(H,61,62)(H,63,64)(H,65,66). The molecule has 0 saturated carbocycles. The van der Waals surface area contributed by atoms with E-state index in [1.54, 1.807) is 117 Å². The average molecular weight is 925 g/mol. The predicted octanol–water partition coefficient (Wildman–Crippen LogP) is 5.29. The maximum atomic E-state index is 12.2. The first-order valence-corrected chi connectivity index (χ1v) is 21.8. The Labute approximate surface area is 392 Å². The van der Waals surface area contributed by atoms with Crippen molar-refractivity contribution < 1.29 is 49.8 Å². The molecule has 1 aliphatic heterocycles. The number of nitrogens with zero attached hydrogens (tertiary/aromatic N) is 8. The Morgan fingerprint density at radius 1 is 0.397 bits per heavy atom. The Hall–Kier alpha value is -7.64. The Balaban J connectivity index is 1.30. The molecule has 12 bridgehead atoms. The van der Waals surface area contributed by atoms with Crippen LogP contribution in [-0.2, 0) is 71.5 Å². The van der Waals surface area contributed by atoms with E-state index < -0.39 is 23.9 Å². The van der Waals surface area contributed by atoms with Crippen LogP contribution in [0.1, 0.15) is 56.2 Å². The molecule has 6 N–H and O–H groups in total. The van der Waals surface area contributed by atoms with Crippen LogP contribution in [0, 0.1) is 13.8 Å². The van der Waals surface area contributed by atoms with Gasteiger partial charge in [-0.3, -0.25) is 38.8 Å². The molecule has 1 aliphatic rings. The summed E-state index contributed by atoms with van der Waals surface area (Å²) in [6, 6.07) is 28.2. The monoisotopic (exact) mass is 924 g/mol. The van der Waals surface area contributed by atoms with Gasteiger partial charge < -0.3 is 30.6 Å². The molecule has 6 aromatic rings. The highest BCUT2D eigenvalue weighted by molar-refractivity contribution is 5.70. The highest BCUT2D eigenvalue weighted by Gasteiger charge is 2.23. The van der Waals surface area contributed by atoms with Gasteiger partial charge in [-0.25, -0.2) is 19.9 Å². The lowest BCUT2D eigenvalue weighted by Crippen LogP contribution is -2.30. The van der Waals surface area contributed by atoms with E-state index in [0.717, 1.165) is 11.1 Å². The van der Waals surface area contributed by atoms with Crippen molar-refractivity contribution in [3.05, 3.63) is 153 Å². The Bertz CT molecular complexity index is 2470. The van der Waals surface area contributed by atoms with Gasteiger partial charge in [-0.15, -0.1) is 0 Å². The van der Waals surface area contributed by atoms with Gasteiger partial charge >= 0.3 is 23.9 Å². The number of phenols is 2. The third-order valence-corrected chi connectivity index (χ3v) is 11.1. The van der Waals surface area contributed by atoms with Crippen molar-refractivity contribution in [1.29, 1.82) is 0 Å². The molecule has 18 nitrogen and oxygen atoms in total. The minimum atomic E-state index is -1.09. The average Bonchev–Trinajstić information content (AvgIpc) is 3.26. The van der Waals surface area contributed by atoms with Gasteiger partial charge in [0, 0.05) is 74.6 Å². The molecule has 0 unspecified atom stereocenters. The first-order valence-electron chi connectivity index (χ1n) is 21.8. The van der Waals surface area contributed by atoms with Gasteiger partial charge in [-0.05, 0) is 62.4 Å². The number of fused-ring (bicyclic) bond motifs is 14. The molecule has 0 spiro atoms. The number of benzene rings is 2.